The lowest BCUT2D eigenvalue weighted by Gasteiger charge is -2.56. The van der Waals surface area contributed by atoms with Crippen molar-refractivity contribution in [3.63, 3.8) is 0 Å². The molecule has 0 saturated heterocycles. The van der Waals surface area contributed by atoms with Crippen LogP contribution in [0.5, 0.6) is 0 Å². The highest BCUT2D eigenvalue weighted by Gasteiger charge is 2.59. The van der Waals surface area contributed by atoms with Crippen molar-refractivity contribution in [1.29, 1.82) is 5.26 Å². The summed E-state index contributed by atoms with van der Waals surface area (Å²) in [5.41, 5.74) is 1.77. The SMILES string of the molecule is CC[C@]12CC[C@H]3[C@@H]([C@H](C)CC4=CC(=O)CC[C@@H]43)[C@@H]1CC[C@@H]2C#N. The van der Waals surface area contributed by atoms with Gasteiger partial charge in [-0.15, -0.1) is 0 Å². The summed E-state index contributed by atoms with van der Waals surface area (Å²) in [6, 6.07) is 2.67. The fourth-order valence-electron chi connectivity index (χ4n) is 7.28. The number of nitriles is 1. The van der Waals surface area contributed by atoms with Gasteiger partial charge in [-0.2, -0.15) is 5.26 Å². The largest absolute Gasteiger partial charge is 0.295 e. The quantitative estimate of drug-likeness (QED) is 0.690. The van der Waals surface area contributed by atoms with Gasteiger partial charge in [0.2, 0.25) is 0 Å². The molecule has 2 heteroatoms. The fourth-order valence-corrected chi connectivity index (χ4v) is 7.28. The van der Waals surface area contributed by atoms with Crippen molar-refractivity contribution in [3.05, 3.63) is 11.6 Å². The molecular formula is C21H29NO. The third-order valence-corrected chi connectivity index (χ3v) is 8.17. The van der Waals surface area contributed by atoms with Crippen LogP contribution in [0.2, 0.25) is 0 Å². The van der Waals surface area contributed by atoms with E-state index in [2.05, 4.69) is 19.9 Å². The molecule has 4 aliphatic rings. The molecule has 0 radical (unpaired) electrons. The van der Waals surface area contributed by atoms with Gasteiger partial charge < -0.3 is 0 Å². The molecule has 7 atom stereocenters. The number of hydrogen-bond acceptors (Lipinski definition) is 2. The summed E-state index contributed by atoms with van der Waals surface area (Å²) in [4.78, 5) is 11.8. The van der Waals surface area contributed by atoms with Crippen LogP contribution in [0.15, 0.2) is 11.6 Å². The third-order valence-electron chi connectivity index (χ3n) is 8.17. The standard InChI is InChI=1S/C21H29NO/c1-3-21-9-8-18-17-6-5-16(23)11-14(17)10-13(2)20(18)19(21)7-4-15(21)12-22/h11,13,15,17-20H,3-10H2,1-2H3/t13-,15-,17+,18-,19+,20-,21-/m1/s1. The lowest BCUT2D eigenvalue weighted by Crippen LogP contribution is -2.50. The van der Waals surface area contributed by atoms with Crippen molar-refractivity contribution in [3.8, 4) is 6.07 Å². The van der Waals surface area contributed by atoms with Crippen LogP contribution in [0, 0.1) is 52.3 Å². The highest BCUT2D eigenvalue weighted by molar-refractivity contribution is 5.91. The van der Waals surface area contributed by atoms with E-state index >= 15 is 0 Å². The zero-order chi connectivity index (χ0) is 16.2. The number of fused-ring (bicyclic) bond motifs is 5. The average molecular weight is 311 g/mol. The smallest absolute Gasteiger partial charge is 0.155 e. The van der Waals surface area contributed by atoms with Crippen LogP contribution in [-0.4, -0.2) is 5.78 Å². The topological polar surface area (TPSA) is 40.9 Å². The normalized spacial score (nSPS) is 48.7. The van der Waals surface area contributed by atoms with Crippen LogP contribution in [-0.2, 0) is 4.79 Å². The highest BCUT2D eigenvalue weighted by Crippen LogP contribution is 2.65. The second kappa shape index (κ2) is 5.47. The number of carbonyl (C=O) groups is 1. The molecule has 3 fully saturated rings. The molecule has 0 aliphatic heterocycles. The Morgan fingerprint density at radius 2 is 2.13 bits per heavy atom. The molecule has 0 amide bonds. The van der Waals surface area contributed by atoms with Crippen molar-refractivity contribution >= 4 is 5.78 Å². The minimum Gasteiger partial charge on any atom is -0.295 e. The molecule has 3 saturated carbocycles. The van der Waals surface area contributed by atoms with Gasteiger partial charge in [-0.05, 0) is 86.0 Å². The first kappa shape index (κ1) is 15.4. The molecule has 0 aromatic rings. The van der Waals surface area contributed by atoms with Crippen LogP contribution in [0.4, 0.5) is 0 Å². The molecule has 4 rings (SSSR count). The molecule has 23 heavy (non-hydrogen) atoms. The zero-order valence-corrected chi connectivity index (χ0v) is 14.6. The van der Waals surface area contributed by atoms with Gasteiger partial charge in [0.05, 0.1) is 12.0 Å². The summed E-state index contributed by atoms with van der Waals surface area (Å²) in [5, 5.41) is 9.68. The molecule has 124 valence electrons. The predicted octanol–water partition coefficient (Wildman–Crippen LogP) is 4.90. The molecular weight excluding hydrogens is 282 g/mol. The van der Waals surface area contributed by atoms with E-state index in [0.29, 0.717) is 23.0 Å². The lowest BCUT2D eigenvalue weighted by atomic mass is 9.48. The Hall–Kier alpha value is -1.10. The van der Waals surface area contributed by atoms with Crippen LogP contribution >= 0.6 is 0 Å². The lowest BCUT2D eigenvalue weighted by molar-refractivity contribution is -0.116. The maximum absolute atomic E-state index is 11.8. The summed E-state index contributed by atoms with van der Waals surface area (Å²) >= 11 is 0. The maximum Gasteiger partial charge on any atom is 0.155 e. The van der Waals surface area contributed by atoms with Crippen LogP contribution in [0.25, 0.3) is 0 Å². The molecule has 0 aromatic heterocycles. The van der Waals surface area contributed by atoms with Gasteiger partial charge in [0.15, 0.2) is 5.78 Å². The van der Waals surface area contributed by atoms with Gasteiger partial charge in [0.1, 0.15) is 0 Å². The van der Waals surface area contributed by atoms with Crippen LogP contribution in [0.1, 0.15) is 65.2 Å². The fraction of sp³-hybridized carbons (Fsp3) is 0.810. The summed E-state index contributed by atoms with van der Waals surface area (Å²) in [7, 11) is 0. The minimum absolute atomic E-state index is 0.288. The van der Waals surface area contributed by atoms with Crippen LogP contribution < -0.4 is 0 Å². The van der Waals surface area contributed by atoms with Crippen molar-refractivity contribution in [2.75, 3.05) is 0 Å². The summed E-state index contributed by atoms with van der Waals surface area (Å²) in [6.07, 6.45) is 11.1. The Labute approximate surface area is 140 Å². The van der Waals surface area contributed by atoms with Crippen LogP contribution in [0.3, 0.4) is 0 Å². The number of rotatable bonds is 1. The molecule has 0 aromatic carbocycles. The second-order valence-corrected chi connectivity index (χ2v) is 8.74. The summed E-state index contributed by atoms with van der Waals surface area (Å²) < 4.78 is 0. The van der Waals surface area contributed by atoms with E-state index in [-0.39, 0.29) is 5.92 Å². The first-order chi connectivity index (χ1) is 11.1. The van der Waals surface area contributed by atoms with Gasteiger partial charge in [0.25, 0.3) is 0 Å². The van der Waals surface area contributed by atoms with Gasteiger partial charge >= 0.3 is 0 Å². The first-order valence-corrected chi connectivity index (χ1v) is 9.73. The van der Waals surface area contributed by atoms with Gasteiger partial charge in [-0.1, -0.05) is 19.4 Å². The van der Waals surface area contributed by atoms with E-state index in [1.165, 1.54) is 31.3 Å². The zero-order valence-electron chi connectivity index (χ0n) is 14.6. The van der Waals surface area contributed by atoms with E-state index in [1.807, 2.05) is 6.08 Å². The number of nitrogens with zero attached hydrogens (tertiary/aromatic N) is 1. The Kier molecular flexibility index (Phi) is 3.67. The first-order valence-electron chi connectivity index (χ1n) is 9.73. The summed E-state index contributed by atoms with van der Waals surface area (Å²) in [5.74, 6) is 4.32. The number of hydrogen-bond donors (Lipinski definition) is 0. The van der Waals surface area contributed by atoms with Crippen molar-refractivity contribution in [2.24, 2.45) is 40.9 Å². The molecule has 0 unspecified atom stereocenters. The predicted molar refractivity (Wildman–Crippen MR) is 90.4 cm³/mol. The highest BCUT2D eigenvalue weighted by atomic mass is 16.1. The number of ketones is 1. The number of carbonyl (C=O) groups excluding carboxylic acids is 1. The minimum atomic E-state index is 0.288. The Bertz CT molecular complexity index is 585. The second-order valence-electron chi connectivity index (χ2n) is 8.74. The molecule has 0 spiro atoms. The van der Waals surface area contributed by atoms with E-state index < -0.39 is 0 Å². The Balaban J connectivity index is 1.69. The third kappa shape index (κ3) is 2.08. The van der Waals surface area contributed by atoms with Crippen molar-refractivity contribution in [1.82, 2.24) is 0 Å². The van der Waals surface area contributed by atoms with Gasteiger partial charge in [0, 0.05) is 6.42 Å². The maximum atomic E-state index is 11.8. The van der Waals surface area contributed by atoms with E-state index in [0.717, 1.165) is 43.4 Å². The number of allylic oxidation sites excluding steroid dienone is 1. The van der Waals surface area contributed by atoms with E-state index in [4.69, 9.17) is 0 Å². The van der Waals surface area contributed by atoms with E-state index in [9.17, 15) is 10.1 Å². The van der Waals surface area contributed by atoms with Crippen molar-refractivity contribution < 1.29 is 4.79 Å². The molecule has 0 bridgehead atoms. The van der Waals surface area contributed by atoms with Crippen molar-refractivity contribution in [2.45, 2.75) is 65.2 Å². The van der Waals surface area contributed by atoms with Gasteiger partial charge in [-0.25, -0.2) is 0 Å². The molecule has 0 heterocycles. The molecule has 2 nitrogen and oxygen atoms in total. The molecule has 4 aliphatic carbocycles. The average Bonchev–Trinajstić information content (AvgIpc) is 2.93. The molecule has 0 N–H and O–H groups in total. The summed E-state index contributed by atoms with van der Waals surface area (Å²) in [6.45, 7) is 4.74. The monoisotopic (exact) mass is 311 g/mol. The Morgan fingerprint density at radius 3 is 2.87 bits per heavy atom. The van der Waals surface area contributed by atoms with Gasteiger partial charge in [-0.3, -0.25) is 4.79 Å². The van der Waals surface area contributed by atoms with E-state index in [1.54, 1.807) is 0 Å². The Morgan fingerprint density at radius 1 is 1.30 bits per heavy atom.